The first kappa shape index (κ1) is 15.4. The lowest BCUT2D eigenvalue weighted by Gasteiger charge is -2.06. The van der Waals surface area contributed by atoms with Crippen LogP contribution >= 0.6 is 0 Å². The number of nitro groups is 2. The summed E-state index contributed by atoms with van der Waals surface area (Å²) in [4.78, 5) is 20.1. The maximum atomic E-state index is 11.1. The minimum absolute atomic E-state index is 0.240. The fraction of sp³-hybridized carbons (Fsp3) is 0.0909. The number of nitriles is 2. The molecule has 0 spiro atoms. The first-order valence-electron chi connectivity index (χ1n) is 5.23. The number of anilines is 1. The Morgan fingerprint density at radius 3 is 2.24 bits per heavy atom. The average Bonchev–Trinajstić information content (AvgIpc) is 2.46. The van der Waals surface area contributed by atoms with E-state index in [2.05, 4.69) is 5.32 Å². The molecule has 0 aliphatic rings. The van der Waals surface area contributed by atoms with Crippen molar-refractivity contribution < 1.29 is 14.6 Å². The highest BCUT2D eigenvalue weighted by Gasteiger charge is 2.33. The summed E-state index contributed by atoms with van der Waals surface area (Å²) >= 11 is 0. The molecule has 0 unspecified atom stereocenters. The van der Waals surface area contributed by atoms with E-state index in [1.54, 1.807) is 0 Å². The molecule has 1 N–H and O–H groups in total. The van der Waals surface area contributed by atoms with Gasteiger partial charge in [-0.3, -0.25) is 20.2 Å². The molecule has 10 heteroatoms. The van der Waals surface area contributed by atoms with Crippen molar-refractivity contribution in [2.24, 2.45) is 0 Å². The van der Waals surface area contributed by atoms with Crippen LogP contribution in [-0.2, 0) is 0 Å². The number of rotatable bonds is 5. The molecule has 0 fully saturated rings. The largest absolute Gasteiger partial charge is 0.490 e. The van der Waals surface area contributed by atoms with Crippen LogP contribution in [0.25, 0.3) is 0 Å². The zero-order valence-corrected chi connectivity index (χ0v) is 10.6. The lowest BCUT2D eigenvalue weighted by molar-refractivity contribution is -0.422. The molecule has 0 saturated heterocycles. The molecular weight excluding hydrogens is 282 g/mol. The van der Waals surface area contributed by atoms with E-state index < -0.39 is 21.2 Å². The molecule has 0 amide bonds. The minimum Gasteiger partial charge on any atom is -0.490 e. The molecule has 0 heterocycles. The predicted molar refractivity (Wildman–Crippen MR) is 69.2 cm³/mol. The molecule has 0 atom stereocenters. The number of allylic oxidation sites excluding steroid dienone is 1. The lowest BCUT2D eigenvalue weighted by Crippen LogP contribution is -2.03. The lowest BCUT2D eigenvalue weighted by atomic mass is 10.2. The Hall–Kier alpha value is -3.66. The summed E-state index contributed by atoms with van der Waals surface area (Å²) in [6.45, 7) is 0. The summed E-state index contributed by atoms with van der Waals surface area (Å²) in [7, 11) is 1.14. The third-order valence-electron chi connectivity index (χ3n) is 2.31. The summed E-state index contributed by atoms with van der Waals surface area (Å²) in [6, 6.07) is 5.42. The maximum Gasteiger partial charge on any atom is 0.389 e. The van der Waals surface area contributed by atoms with E-state index in [0.29, 0.717) is 0 Å². The summed E-state index contributed by atoms with van der Waals surface area (Å²) in [5, 5.41) is 41.5. The van der Waals surface area contributed by atoms with Gasteiger partial charge in [0.05, 0.1) is 17.0 Å². The van der Waals surface area contributed by atoms with Gasteiger partial charge < -0.3 is 10.1 Å². The monoisotopic (exact) mass is 289 g/mol. The normalized spacial score (nSPS) is 8.90. The van der Waals surface area contributed by atoms with Crippen LogP contribution in [-0.4, -0.2) is 17.0 Å². The highest BCUT2D eigenvalue weighted by Crippen LogP contribution is 2.41. The number of nitro benzene ring substituents is 2. The van der Waals surface area contributed by atoms with Gasteiger partial charge in [0.15, 0.2) is 0 Å². The first-order chi connectivity index (χ1) is 9.96. The molecular formula is C11H7N5O5. The van der Waals surface area contributed by atoms with Gasteiger partial charge in [0, 0.05) is 6.20 Å². The number of hydrogen-bond donors (Lipinski definition) is 1. The van der Waals surface area contributed by atoms with Gasteiger partial charge in [0.2, 0.25) is 5.75 Å². The zero-order valence-electron chi connectivity index (χ0n) is 10.6. The molecule has 0 aliphatic carbocycles. The van der Waals surface area contributed by atoms with Crippen LogP contribution in [0.1, 0.15) is 0 Å². The van der Waals surface area contributed by atoms with E-state index in [4.69, 9.17) is 15.3 Å². The molecule has 1 aromatic carbocycles. The van der Waals surface area contributed by atoms with Crippen molar-refractivity contribution in [3.05, 3.63) is 44.1 Å². The Bertz CT molecular complexity index is 697. The number of benzene rings is 1. The van der Waals surface area contributed by atoms with Crippen molar-refractivity contribution in [2.45, 2.75) is 0 Å². The Morgan fingerprint density at radius 2 is 1.81 bits per heavy atom. The maximum absolute atomic E-state index is 11.1. The highest BCUT2D eigenvalue weighted by atomic mass is 16.6. The molecule has 0 aliphatic heterocycles. The van der Waals surface area contributed by atoms with E-state index in [9.17, 15) is 20.2 Å². The van der Waals surface area contributed by atoms with Crippen molar-refractivity contribution in [1.29, 1.82) is 10.5 Å². The second kappa shape index (κ2) is 6.49. The second-order valence-corrected chi connectivity index (χ2v) is 3.45. The fourth-order valence-electron chi connectivity index (χ4n) is 1.44. The van der Waals surface area contributed by atoms with Gasteiger partial charge >= 0.3 is 11.4 Å². The van der Waals surface area contributed by atoms with E-state index in [1.165, 1.54) is 24.3 Å². The second-order valence-electron chi connectivity index (χ2n) is 3.45. The third kappa shape index (κ3) is 3.21. The van der Waals surface area contributed by atoms with Crippen LogP contribution in [0.4, 0.5) is 17.1 Å². The smallest absolute Gasteiger partial charge is 0.389 e. The molecule has 0 saturated carbocycles. The molecule has 1 rings (SSSR count). The molecule has 0 radical (unpaired) electrons. The Labute approximate surface area is 117 Å². The van der Waals surface area contributed by atoms with Crippen molar-refractivity contribution in [2.75, 3.05) is 12.4 Å². The Morgan fingerprint density at radius 1 is 1.24 bits per heavy atom. The fourth-order valence-corrected chi connectivity index (χ4v) is 1.44. The quantitative estimate of drug-likeness (QED) is 0.489. The van der Waals surface area contributed by atoms with Gasteiger partial charge in [0.25, 0.3) is 0 Å². The predicted octanol–water partition coefficient (Wildman–Crippen LogP) is 1.85. The van der Waals surface area contributed by atoms with Gasteiger partial charge in [-0.1, -0.05) is 0 Å². The molecule has 106 valence electrons. The number of hydrogen-bond acceptors (Lipinski definition) is 8. The molecule has 10 nitrogen and oxygen atoms in total. The zero-order chi connectivity index (χ0) is 16.0. The number of nitrogens with one attached hydrogen (secondary N) is 1. The van der Waals surface area contributed by atoms with Crippen molar-refractivity contribution in [3.63, 3.8) is 0 Å². The van der Waals surface area contributed by atoms with Crippen molar-refractivity contribution in [3.8, 4) is 17.9 Å². The van der Waals surface area contributed by atoms with E-state index in [1.807, 2.05) is 0 Å². The number of methoxy groups -OCH3 is 1. The Balaban J connectivity index is 3.49. The van der Waals surface area contributed by atoms with Crippen LogP contribution in [0.2, 0.25) is 0 Å². The van der Waals surface area contributed by atoms with Crippen LogP contribution in [0.3, 0.4) is 0 Å². The summed E-state index contributed by atoms with van der Waals surface area (Å²) < 4.78 is 4.73. The summed E-state index contributed by atoms with van der Waals surface area (Å²) in [5.74, 6) is -0.276. The number of nitrogens with zero attached hydrogens (tertiary/aromatic N) is 4. The molecule has 1 aromatic rings. The Kier molecular flexibility index (Phi) is 4.76. The average molecular weight is 289 g/mol. The van der Waals surface area contributed by atoms with Crippen LogP contribution in [0.15, 0.2) is 23.9 Å². The summed E-state index contributed by atoms with van der Waals surface area (Å²) in [6.07, 6.45) is 0.915. The van der Waals surface area contributed by atoms with E-state index in [0.717, 1.165) is 13.3 Å². The standard InChI is InChI=1S/C11H7N5O5/c1-21-9-3-2-8(14-6-7(4-12)5-13)10(15(17)18)11(9)16(19)20/h2-3,6,14H,1H3. The van der Waals surface area contributed by atoms with Gasteiger partial charge in [-0.15, -0.1) is 0 Å². The van der Waals surface area contributed by atoms with Gasteiger partial charge in [-0.2, -0.15) is 10.5 Å². The molecule has 0 bridgehead atoms. The topological polar surface area (TPSA) is 155 Å². The number of ether oxygens (including phenoxy) is 1. The van der Waals surface area contributed by atoms with Crippen LogP contribution < -0.4 is 10.1 Å². The van der Waals surface area contributed by atoms with Gasteiger partial charge in [0.1, 0.15) is 23.4 Å². The van der Waals surface area contributed by atoms with Gasteiger partial charge in [-0.05, 0) is 12.1 Å². The van der Waals surface area contributed by atoms with E-state index >= 15 is 0 Å². The van der Waals surface area contributed by atoms with Crippen molar-refractivity contribution in [1.82, 2.24) is 0 Å². The third-order valence-corrected chi connectivity index (χ3v) is 2.31. The minimum atomic E-state index is -0.949. The SMILES string of the molecule is COc1ccc(NC=C(C#N)C#N)c([N+](=O)[O-])c1[N+](=O)[O-]. The highest BCUT2D eigenvalue weighted by molar-refractivity contribution is 5.77. The molecule has 0 aromatic heterocycles. The van der Waals surface area contributed by atoms with Crippen molar-refractivity contribution >= 4 is 17.1 Å². The van der Waals surface area contributed by atoms with Crippen LogP contribution in [0.5, 0.6) is 5.75 Å². The first-order valence-corrected chi connectivity index (χ1v) is 5.23. The molecule has 21 heavy (non-hydrogen) atoms. The van der Waals surface area contributed by atoms with Crippen LogP contribution in [0, 0.1) is 42.9 Å². The summed E-state index contributed by atoms with van der Waals surface area (Å²) in [5.41, 5.74) is -2.24. The van der Waals surface area contributed by atoms with Gasteiger partial charge in [-0.25, -0.2) is 0 Å². The van der Waals surface area contributed by atoms with E-state index in [-0.39, 0.29) is 17.0 Å².